The van der Waals surface area contributed by atoms with Crippen molar-refractivity contribution in [2.75, 3.05) is 17.2 Å². The first kappa shape index (κ1) is 14.7. The second-order valence-electron chi connectivity index (χ2n) is 4.59. The van der Waals surface area contributed by atoms with Crippen LogP contribution in [0.4, 0.5) is 5.69 Å². The molecule has 1 aromatic carbocycles. The summed E-state index contributed by atoms with van der Waals surface area (Å²) in [5.74, 6) is 0.773. The van der Waals surface area contributed by atoms with Crippen LogP contribution in [0.1, 0.15) is 16.9 Å². The summed E-state index contributed by atoms with van der Waals surface area (Å²) in [4.78, 5) is 19.7. The van der Waals surface area contributed by atoms with Gasteiger partial charge in [0.25, 0.3) is 5.91 Å². The van der Waals surface area contributed by atoms with Gasteiger partial charge in [-0.25, -0.2) is 4.98 Å². The van der Waals surface area contributed by atoms with Crippen molar-refractivity contribution in [1.29, 1.82) is 0 Å². The van der Waals surface area contributed by atoms with Gasteiger partial charge in [0.2, 0.25) is 0 Å². The molecule has 0 atom stereocenters. The first-order valence-electron chi connectivity index (χ1n) is 6.52. The molecule has 0 bridgehead atoms. The van der Waals surface area contributed by atoms with Crippen molar-refractivity contribution in [2.45, 2.75) is 11.3 Å². The van der Waals surface area contributed by atoms with Crippen LogP contribution in [0.5, 0.6) is 0 Å². The highest BCUT2D eigenvalue weighted by molar-refractivity contribution is 7.99. The number of pyridine rings is 1. The number of carbonyl (C=O) groups excluding carboxylic acids is 1. The van der Waals surface area contributed by atoms with Crippen LogP contribution < -0.4 is 4.90 Å². The Kier molecular flexibility index (Phi) is 4.38. The van der Waals surface area contributed by atoms with E-state index in [1.165, 1.54) is 0 Å². The molecular weight excluding hydrogens is 327 g/mol. The van der Waals surface area contributed by atoms with Crippen molar-refractivity contribution in [1.82, 2.24) is 4.98 Å². The summed E-state index contributed by atoms with van der Waals surface area (Å²) in [6, 6.07) is 11.1. The van der Waals surface area contributed by atoms with Gasteiger partial charge in [0.1, 0.15) is 10.8 Å². The molecule has 108 valence electrons. The lowest BCUT2D eigenvalue weighted by atomic mass is 10.2. The van der Waals surface area contributed by atoms with Gasteiger partial charge in [-0.3, -0.25) is 4.79 Å². The fourth-order valence-electron chi connectivity index (χ4n) is 2.23. The minimum atomic E-state index is -0.211. The van der Waals surface area contributed by atoms with E-state index < -0.39 is 0 Å². The summed E-state index contributed by atoms with van der Waals surface area (Å²) in [5, 5.41) is 0.582. The SMILES string of the molecule is O=C(c1nc(Cl)ccc1Cl)N1CCCSc2ccccc21. The summed E-state index contributed by atoms with van der Waals surface area (Å²) >= 11 is 13.8. The molecule has 1 aromatic heterocycles. The molecule has 0 saturated heterocycles. The lowest BCUT2D eigenvalue weighted by molar-refractivity contribution is 0.0982. The Labute approximate surface area is 137 Å². The van der Waals surface area contributed by atoms with Gasteiger partial charge in [-0.05, 0) is 36.4 Å². The van der Waals surface area contributed by atoms with Gasteiger partial charge in [-0.2, -0.15) is 0 Å². The van der Waals surface area contributed by atoms with E-state index in [0.717, 1.165) is 22.8 Å². The number of hydrogen-bond donors (Lipinski definition) is 0. The van der Waals surface area contributed by atoms with E-state index in [1.54, 1.807) is 28.8 Å². The second-order valence-corrected chi connectivity index (χ2v) is 6.52. The van der Waals surface area contributed by atoms with Crippen molar-refractivity contribution in [3.63, 3.8) is 0 Å². The molecule has 0 unspecified atom stereocenters. The number of nitrogens with zero attached hydrogens (tertiary/aromatic N) is 2. The van der Waals surface area contributed by atoms with Crippen LogP contribution >= 0.6 is 35.0 Å². The Morgan fingerprint density at radius 2 is 2.00 bits per heavy atom. The van der Waals surface area contributed by atoms with E-state index in [-0.39, 0.29) is 16.8 Å². The number of carbonyl (C=O) groups is 1. The molecule has 1 amide bonds. The highest BCUT2D eigenvalue weighted by atomic mass is 35.5. The number of anilines is 1. The lowest BCUT2D eigenvalue weighted by Gasteiger charge is -2.22. The predicted molar refractivity (Wildman–Crippen MR) is 87.7 cm³/mol. The topological polar surface area (TPSA) is 33.2 Å². The van der Waals surface area contributed by atoms with E-state index in [2.05, 4.69) is 4.98 Å². The molecule has 0 aliphatic carbocycles. The molecule has 0 spiro atoms. The van der Waals surface area contributed by atoms with Gasteiger partial charge in [-0.1, -0.05) is 35.3 Å². The number of rotatable bonds is 1. The first-order valence-corrected chi connectivity index (χ1v) is 8.27. The van der Waals surface area contributed by atoms with Crippen molar-refractivity contribution in [2.24, 2.45) is 0 Å². The fourth-order valence-corrected chi connectivity index (χ4v) is 3.56. The molecular formula is C15H12Cl2N2OS. The zero-order chi connectivity index (χ0) is 14.8. The molecule has 21 heavy (non-hydrogen) atoms. The molecule has 6 heteroatoms. The molecule has 1 aliphatic heterocycles. The van der Waals surface area contributed by atoms with Gasteiger partial charge in [0.15, 0.2) is 0 Å². The summed E-state index contributed by atoms with van der Waals surface area (Å²) in [7, 11) is 0. The Morgan fingerprint density at radius 1 is 1.19 bits per heavy atom. The zero-order valence-corrected chi connectivity index (χ0v) is 13.4. The van der Waals surface area contributed by atoms with Crippen molar-refractivity contribution in [3.05, 3.63) is 52.3 Å². The third kappa shape index (κ3) is 3.03. The molecule has 0 fully saturated rings. The van der Waals surface area contributed by atoms with Gasteiger partial charge in [0.05, 0.1) is 10.7 Å². The average molecular weight is 339 g/mol. The zero-order valence-electron chi connectivity index (χ0n) is 11.1. The molecule has 3 rings (SSSR count). The standard InChI is InChI=1S/C15H12Cl2N2OS/c16-10-6-7-13(17)18-14(10)15(20)19-8-3-9-21-12-5-2-1-4-11(12)19/h1-2,4-7H,3,8-9H2. The van der Waals surface area contributed by atoms with E-state index in [4.69, 9.17) is 23.2 Å². The summed E-state index contributed by atoms with van der Waals surface area (Å²) in [5.41, 5.74) is 1.11. The van der Waals surface area contributed by atoms with Crippen molar-refractivity contribution >= 4 is 46.6 Å². The maximum atomic E-state index is 12.8. The van der Waals surface area contributed by atoms with Crippen molar-refractivity contribution < 1.29 is 4.79 Å². The second kappa shape index (κ2) is 6.26. The predicted octanol–water partition coefficient (Wildman–Crippen LogP) is 4.53. The Balaban J connectivity index is 2.03. The molecule has 2 aromatic rings. The maximum Gasteiger partial charge on any atom is 0.278 e. The lowest BCUT2D eigenvalue weighted by Crippen LogP contribution is -2.32. The minimum Gasteiger partial charge on any atom is -0.306 e. The van der Waals surface area contributed by atoms with E-state index in [1.807, 2.05) is 24.3 Å². The van der Waals surface area contributed by atoms with E-state index in [9.17, 15) is 4.79 Å². The van der Waals surface area contributed by atoms with Crippen LogP contribution in [0.3, 0.4) is 0 Å². The number of benzene rings is 1. The number of hydrogen-bond acceptors (Lipinski definition) is 3. The van der Waals surface area contributed by atoms with Crippen LogP contribution in [0.25, 0.3) is 0 Å². The number of thioether (sulfide) groups is 1. The number of para-hydroxylation sites is 1. The van der Waals surface area contributed by atoms with E-state index >= 15 is 0 Å². The maximum absolute atomic E-state index is 12.8. The van der Waals surface area contributed by atoms with Gasteiger partial charge in [-0.15, -0.1) is 11.8 Å². The van der Waals surface area contributed by atoms with Crippen LogP contribution in [0, 0.1) is 0 Å². The average Bonchev–Trinajstić information content (AvgIpc) is 2.71. The van der Waals surface area contributed by atoms with Crippen LogP contribution in [-0.2, 0) is 0 Å². The summed E-state index contributed by atoms with van der Waals surface area (Å²) < 4.78 is 0. The Morgan fingerprint density at radius 3 is 2.86 bits per heavy atom. The number of halogens is 2. The molecule has 0 N–H and O–H groups in total. The number of amides is 1. The Hall–Kier alpha value is -1.23. The molecule has 0 saturated carbocycles. The fraction of sp³-hybridized carbons (Fsp3) is 0.200. The third-order valence-electron chi connectivity index (χ3n) is 3.20. The van der Waals surface area contributed by atoms with Crippen LogP contribution in [-0.4, -0.2) is 23.2 Å². The molecule has 3 nitrogen and oxygen atoms in total. The van der Waals surface area contributed by atoms with Crippen molar-refractivity contribution in [3.8, 4) is 0 Å². The van der Waals surface area contributed by atoms with Gasteiger partial charge in [0, 0.05) is 11.4 Å². The number of aromatic nitrogens is 1. The molecule has 0 radical (unpaired) electrons. The summed E-state index contributed by atoms with van der Waals surface area (Å²) in [6.07, 6.45) is 0.920. The monoisotopic (exact) mass is 338 g/mol. The quantitative estimate of drug-likeness (QED) is 0.716. The third-order valence-corrected chi connectivity index (χ3v) is 4.86. The smallest absolute Gasteiger partial charge is 0.278 e. The van der Waals surface area contributed by atoms with Crippen LogP contribution in [0.15, 0.2) is 41.3 Å². The number of fused-ring (bicyclic) bond motifs is 1. The minimum absolute atomic E-state index is 0.200. The van der Waals surface area contributed by atoms with E-state index in [0.29, 0.717) is 11.6 Å². The largest absolute Gasteiger partial charge is 0.306 e. The molecule has 2 heterocycles. The van der Waals surface area contributed by atoms with Gasteiger partial charge >= 0.3 is 0 Å². The normalized spacial score (nSPS) is 14.5. The first-order chi connectivity index (χ1) is 10.2. The highest BCUT2D eigenvalue weighted by Gasteiger charge is 2.25. The summed E-state index contributed by atoms with van der Waals surface area (Å²) in [6.45, 7) is 0.646. The highest BCUT2D eigenvalue weighted by Crippen LogP contribution is 2.34. The molecule has 1 aliphatic rings. The van der Waals surface area contributed by atoms with Gasteiger partial charge < -0.3 is 4.90 Å². The van der Waals surface area contributed by atoms with Crippen LogP contribution in [0.2, 0.25) is 10.2 Å². The Bertz CT molecular complexity index is 693.